The SMILES string of the molecule is CCCCCCCCCCCCCCCCCCCCCCCCCCC(O)CC=O. The maximum absolute atomic E-state index is 10.3. The molecule has 0 aliphatic carbocycles. The van der Waals surface area contributed by atoms with Gasteiger partial charge in [-0.25, -0.2) is 0 Å². The van der Waals surface area contributed by atoms with Crippen molar-refractivity contribution in [1.29, 1.82) is 0 Å². The summed E-state index contributed by atoms with van der Waals surface area (Å²) in [6.45, 7) is 2.29. The number of unbranched alkanes of at least 4 members (excludes halogenated alkanes) is 23. The average Bonchev–Trinajstić information content (AvgIpc) is 2.77. The van der Waals surface area contributed by atoms with Crippen LogP contribution >= 0.6 is 0 Å². The van der Waals surface area contributed by atoms with Gasteiger partial charge in [0.05, 0.1) is 6.10 Å². The number of hydrogen-bond donors (Lipinski definition) is 1. The molecule has 0 saturated heterocycles. The molecule has 0 aliphatic heterocycles. The molecule has 2 heteroatoms. The normalized spacial score (nSPS) is 12.3. The van der Waals surface area contributed by atoms with Gasteiger partial charge in [-0.3, -0.25) is 0 Å². The van der Waals surface area contributed by atoms with Gasteiger partial charge >= 0.3 is 0 Å². The summed E-state index contributed by atoms with van der Waals surface area (Å²) in [6, 6.07) is 0. The molecule has 0 bridgehead atoms. The van der Waals surface area contributed by atoms with Crippen LogP contribution in [-0.4, -0.2) is 17.5 Å². The highest BCUT2D eigenvalue weighted by Gasteiger charge is 2.02. The van der Waals surface area contributed by atoms with Gasteiger partial charge in [-0.2, -0.15) is 0 Å². The molecule has 0 aliphatic rings. The second kappa shape index (κ2) is 27.7. The van der Waals surface area contributed by atoms with E-state index in [1.54, 1.807) is 0 Å². The van der Waals surface area contributed by atoms with Crippen molar-refractivity contribution in [3.05, 3.63) is 0 Å². The quantitative estimate of drug-likeness (QED) is 0.102. The lowest BCUT2D eigenvalue weighted by Crippen LogP contribution is -2.06. The Labute approximate surface area is 196 Å². The van der Waals surface area contributed by atoms with E-state index in [-0.39, 0.29) is 0 Å². The van der Waals surface area contributed by atoms with Crippen LogP contribution in [-0.2, 0) is 4.79 Å². The molecular formula is C29H58O2. The smallest absolute Gasteiger partial charge is 0.122 e. The summed E-state index contributed by atoms with van der Waals surface area (Å²) < 4.78 is 0. The van der Waals surface area contributed by atoms with Crippen LogP contribution in [0.15, 0.2) is 0 Å². The molecular weight excluding hydrogens is 380 g/mol. The molecule has 1 N–H and O–H groups in total. The Morgan fingerprint density at radius 1 is 0.484 bits per heavy atom. The van der Waals surface area contributed by atoms with Gasteiger partial charge in [-0.15, -0.1) is 0 Å². The van der Waals surface area contributed by atoms with Gasteiger partial charge in [0.15, 0.2) is 0 Å². The van der Waals surface area contributed by atoms with Crippen LogP contribution in [0.1, 0.15) is 174 Å². The molecule has 0 rings (SSSR count). The highest BCUT2D eigenvalue weighted by Crippen LogP contribution is 2.16. The monoisotopic (exact) mass is 438 g/mol. The zero-order chi connectivity index (χ0) is 22.7. The minimum Gasteiger partial charge on any atom is -0.393 e. The van der Waals surface area contributed by atoms with E-state index in [0.717, 1.165) is 19.1 Å². The molecule has 1 unspecified atom stereocenters. The number of aldehydes is 1. The lowest BCUT2D eigenvalue weighted by atomic mass is 10.0. The Kier molecular flexibility index (Phi) is 27.3. The predicted octanol–water partition coefficient (Wildman–Crippen LogP) is 9.71. The zero-order valence-electron chi connectivity index (χ0n) is 21.4. The number of carbonyl (C=O) groups is 1. The average molecular weight is 439 g/mol. The van der Waals surface area contributed by atoms with Gasteiger partial charge in [-0.05, 0) is 6.42 Å². The van der Waals surface area contributed by atoms with E-state index in [0.29, 0.717) is 6.42 Å². The van der Waals surface area contributed by atoms with Crippen molar-refractivity contribution in [2.45, 2.75) is 180 Å². The lowest BCUT2D eigenvalue weighted by Gasteiger charge is -2.06. The predicted molar refractivity (Wildman–Crippen MR) is 138 cm³/mol. The topological polar surface area (TPSA) is 37.3 Å². The molecule has 0 spiro atoms. The fourth-order valence-corrected chi connectivity index (χ4v) is 4.57. The summed E-state index contributed by atoms with van der Waals surface area (Å²) >= 11 is 0. The van der Waals surface area contributed by atoms with Crippen LogP contribution in [0.4, 0.5) is 0 Å². The molecule has 0 aromatic carbocycles. The first-order valence-corrected chi connectivity index (χ1v) is 14.4. The fraction of sp³-hybridized carbons (Fsp3) is 0.966. The highest BCUT2D eigenvalue weighted by atomic mass is 16.3. The molecule has 0 aromatic heterocycles. The maximum Gasteiger partial charge on any atom is 0.122 e. The third-order valence-electron chi connectivity index (χ3n) is 6.76. The summed E-state index contributed by atoms with van der Waals surface area (Å²) in [4.78, 5) is 10.3. The molecule has 1 atom stereocenters. The van der Waals surface area contributed by atoms with Crippen molar-refractivity contribution in [3.8, 4) is 0 Å². The van der Waals surface area contributed by atoms with Crippen molar-refractivity contribution in [3.63, 3.8) is 0 Å². The standard InChI is InChI=1S/C29H58O2/c1-2-3-4-5-6-7-8-9-10-11-12-13-14-15-16-17-18-19-20-21-22-23-24-25-26-29(31)27-28-30/h28-29,31H,2-27H2,1H3. The largest absolute Gasteiger partial charge is 0.393 e. The molecule has 0 heterocycles. The van der Waals surface area contributed by atoms with Crippen LogP contribution in [0.3, 0.4) is 0 Å². The van der Waals surface area contributed by atoms with Crippen LogP contribution in [0, 0.1) is 0 Å². The lowest BCUT2D eigenvalue weighted by molar-refractivity contribution is -0.109. The zero-order valence-corrected chi connectivity index (χ0v) is 21.4. The van der Waals surface area contributed by atoms with E-state index in [9.17, 15) is 9.90 Å². The molecule has 0 fully saturated rings. The molecule has 2 nitrogen and oxygen atoms in total. The number of aliphatic hydroxyl groups is 1. The number of rotatable bonds is 27. The van der Waals surface area contributed by atoms with Gasteiger partial charge in [-0.1, -0.05) is 161 Å². The van der Waals surface area contributed by atoms with E-state index in [2.05, 4.69) is 6.92 Å². The summed E-state index contributed by atoms with van der Waals surface area (Å²) in [5.41, 5.74) is 0. The number of carbonyl (C=O) groups excluding carboxylic acids is 1. The third kappa shape index (κ3) is 27.6. The Bertz CT molecular complexity index is 329. The van der Waals surface area contributed by atoms with E-state index in [1.807, 2.05) is 0 Å². The summed E-state index contributed by atoms with van der Waals surface area (Å²) in [7, 11) is 0. The van der Waals surface area contributed by atoms with Crippen LogP contribution in [0.5, 0.6) is 0 Å². The first-order chi connectivity index (χ1) is 15.3. The van der Waals surface area contributed by atoms with E-state index < -0.39 is 6.10 Å². The van der Waals surface area contributed by atoms with E-state index in [4.69, 9.17) is 0 Å². The Balaban J connectivity index is 3.03. The first-order valence-electron chi connectivity index (χ1n) is 14.4. The Hall–Kier alpha value is -0.370. The van der Waals surface area contributed by atoms with Gasteiger partial charge in [0, 0.05) is 6.42 Å². The minimum atomic E-state index is -0.405. The van der Waals surface area contributed by atoms with E-state index in [1.165, 1.54) is 148 Å². The van der Waals surface area contributed by atoms with Crippen molar-refractivity contribution in [2.24, 2.45) is 0 Å². The van der Waals surface area contributed by atoms with Gasteiger partial charge < -0.3 is 9.90 Å². The second-order valence-electron chi connectivity index (χ2n) is 9.98. The molecule has 186 valence electrons. The first kappa shape index (κ1) is 30.6. The van der Waals surface area contributed by atoms with Gasteiger partial charge in [0.1, 0.15) is 6.29 Å². The fourth-order valence-electron chi connectivity index (χ4n) is 4.57. The van der Waals surface area contributed by atoms with E-state index >= 15 is 0 Å². The molecule has 0 amide bonds. The van der Waals surface area contributed by atoms with Crippen LogP contribution in [0.25, 0.3) is 0 Å². The van der Waals surface area contributed by atoms with Crippen LogP contribution in [0.2, 0.25) is 0 Å². The molecule has 31 heavy (non-hydrogen) atoms. The number of aliphatic hydroxyl groups excluding tert-OH is 1. The van der Waals surface area contributed by atoms with Crippen molar-refractivity contribution >= 4 is 6.29 Å². The number of hydrogen-bond acceptors (Lipinski definition) is 2. The summed E-state index contributed by atoms with van der Waals surface area (Å²) in [5.74, 6) is 0. The molecule has 0 radical (unpaired) electrons. The molecule has 0 aromatic rings. The second-order valence-corrected chi connectivity index (χ2v) is 9.98. The van der Waals surface area contributed by atoms with Crippen molar-refractivity contribution in [1.82, 2.24) is 0 Å². The Morgan fingerprint density at radius 3 is 1.00 bits per heavy atom. The van der Waals surface area contributed by atoms with Gasteiger partial charge in [0.2, 0.25) is 0 Å². The molecule has 0 saturated carbocycles. The van der Waals surface area contributed by atoms with Crippen LogP contribution < -0.4 is 0 Å². The van der Waals surface area contributed by atoms with Crippen molar-refractivity contribution < 1.29 is 9.90 Å². The summed E-state index contributed by atoms with van der Waals surface area (Å²) in [5, 5.41) is 9.50. The third-order valence-corrected chi connectivity index (χ3v) is 6.76. The highest BCUT2D eigenvalue weighted by molar-refractivity contribution is 5.49. The minimum absolute atomic E-state index is 0.305. The Morgan fingerprint density at radius 2 is 0.742 bits per heavy atom. The maximum atomic E-state index is 10.3. The summed E-state index contributed by atoms with van der Waals surface area (Å²) in [6.07, 6.45) is 35.3. The van der Waals surface area contributed by atoms with Gasteiger partial charge in [0.25, 0.3) is 0 Å². The van der Waals surface area contributed by atoms with Crippen molar-refractivity contribution in [2.75, 3.05) is 0 Å².